The van der Waals surface area contributed by atoms with Crippen LogP contribution in [0, 0.1) is 0 Å². The number of unbranched alkanes of at least 4 members (excludes halogenated alkanes) is 3. The molecule has 78 valence electrons. The van der Waals surface area contributed by atoms with Gasteiger partial charge in [0.15, 0.2) is 0 Å². The molecule has 0 atom stereocenters. The number of carbonyl (C=O) groups excluding carboxylic acids is 1. The third kappa shape index (κ3) is 9.06. The molecule has 6 heteroatoms. The number of carbonyl (C=O) groups is 1. The van der Waals surface area contributed by atoms with Crippen molar-refractivity contribution in [3.8, 4) is 0 Å². The fourth-order valence-corrected chi connectivity index (χ4v) is 0.858. The molecule has 0 saturated carbocycles. The average Bonchev–Trinajstić information content (AvgIpc) is 2.16. The largest absolute Gasteiger partial charge is 0.396 e. The van der Waals surface area contributed by atoms with Gasteiger partial charge in [0.1, 0.15) is 0 Å². The molecular weight excluding hydrogens is 172 g/mol. The van der Waals surface area contributed by atoms with Crippen LogP contribution in [0.3, 0.4) is 0 Å². The number of urea groups is 1. The zero-order chi connectivity index (χ0) is 9.94. The second-order valence-electron chi connectivity index (χ2n) is 2.66. The van der Waals surface area contributed by atoms with Crippen molar-refractivity contribution in [3.05, 3.63) is 0 Å². The highest BCUT2D eigenvalue weighted by Gasteiger charge is 1.93. The maximum Gasteiger partial charge on any atom is 0.343 e. The second kappa shape index (κ2) is 9.24. The second-order valence-corrected chi connectivity index (χ2v) is 2.66. The summed E-state index contributed by atoms with van der Waals surface area (Å²) in [5.74, 6) is 4.82. The van der Waals surface area contributed by atoms with E-state index < -0.39 is 6.03 Å². The third-order valence-electron chi connectivity index (χ3n) is 1.54. The topological polar surface area (TPSA) is 99.4 Å². The lowest BCUT2D eigenvalue weighted by atomic mass is 10.2. The summed E-state index contributed by atoms with van der Waals surface area (Å²) in [7, 11) is 0. The predicted octanol–water partition coefficient (Wildman–Crippen LogP) is -0.783. The Morgan fingerprint density at radius 1 is 1.23 bits per heavy atom. The minimum atomic E-state index is -0.449. The van der Waals surface area contributed by atoms with Crippen LogP contribution in [0.15, 0.2) is 0 Å². The Morgan fingerprint density at radius 3 is 2.54 bits per heavy atom. The van der Waals surface area contributed by atoms with E-state index in [-0.39, 0.29) is 6.61 Å². The van der Waals surface area contributed by atoms with Crippen molar-refractivity contribution >= 4 is 6.03 Å². The Bertz CT molecular complexity index is 132. The minimum Gasteiger partial charge on any atom is -0.396 e. The first kappa shape index (κ1) is 12.2. The van der Waals surface area contributed by atoms with Crippen molar-refractivity contribution in [1.29, 1.82) is 0 Å². The van der Waals surface area contributed by atoms with Gasteiger partial charge in [-0.25, -0.2) is 16.1 Å². The van der Waals surface area contributed by atoms with Gasteiger partial charge < -0.3 is 5.11 Å². The molecule has 2 amide bonds. The Morgan fingerprint density at radius 2 is 1.92 bits per heavy atom. The zero-order valence-corrected chi connectivity index (χ0v) is 7.68. The number of amides is 2. The number of rotatable bonds is 7. The van der Waals surface area contributed by atoms with Gasteiger partial charge in [-0.2, -0.15) is 0 Å². The highest BCUT2D eigenvalue weighted by Crippen LogP contribution is 1.96. The number of aliphatic hydroxyl groups is 1. The zero-order valence-electron chi connectivity index (χ0n) is 7.68. The van der Waals surface area contributed by atoms with Gasteiger partial charge in [-0.3, -0.25) is 10.9 Å². The first-order valence-corrected chi connectivity index (χ1v) is 4.41. The maximum absolute atomic E-state index is 10.5. The third-order valence-corrected chi connectivity index (χ3v) is 1.54. The Labute approximate surface area is 77.8 Å². The fourth-order valence-electron chi connectivity index (χ4n) is 0.858. The normalized spacial score (nSPS) is 9.69. The number of nitrogens with two attached hydrogens (primary N) is 1. The van der Waals surface area contributed by atoms with Gasteiger partial charge >= 0.3 is 6.03 Å². The molecule has 6 N–H and O–H groups in total. The highest BCUT2D eigenvalue weighted by molar-refractivity contribution is 5.72. The van der Waals surface area contributed by atoms with E-state index in [9.17, 15) is 4.79 Å². The number of hydrogen-bond donors (Lipinski definition) is 5. The highest BCUT2D eigenvalue weighted by atomic mass is 16.2. The molecule has 0 aromatic heterocycles. The van der Waals surface area contributed by atoms with E-state index in [0.717, 1.165) is 25.7 Å². The summed E-state index contributed by atoms with van der Waals surface area (Å²) in [5, 5.41) is 8.48. The minimum absolute atomic E-state index is 0.251. The van der Waals surface area contributed by atoms with E-state index in [0.29, 0.717) is 6.54 Å². The number of hydrogen-bond acceptors (Lipinski definition) is 4. The van der Waals surface area contributed by atoms with E-state index in [1.807, 2.05) is 5.43 Å². The van der Waals surface area contributed by atoms with E-state index in [1.54, 1.807) is 0 Å². The molecule has 0 aromatic rings. The van der Waals surface area contributed by atoms with E-state index in [2.05, 4.69) is 10.9 Å². The summed E-state index contributed by atoms with van der Waals surface area (Å²) in [6.45, 7) is 0.958. The molecule has 0 rings (SSSR count). The summed E-state index contributed by atoms with van der Waals surface area (Å²) >= 11 is 0. The van der Waals surface area contributed by atoms with Crippen molar-refractivity contribution in [2.24, 2.45) is 5.84 Å². The number of hydrazine groups is 2. The summed E-state index contributed by atoms with van der Waals surface area (Å²) in [4.78, 5) is 10.5. The molecule has 0 spiro atoms. The van der Waals surface area contributed by atoms with Crippen molar-refractivity contribution in [2.45, 2.75) is 25.7 Å². The summed E-state index contributed by atoms with van der Waals surface area (Å²) < 4.78 is 0. The van der Waals surface area contributed by atoms with E-state index in [4.69, 9.17) is 10.9 Å². The molecule has 0 unspecified atom stereocenters. The summed E-state index contributed by atoms with van der Waals surface area (Å²) in [6.07, 6.45) is 3.86. The van der Waals surface area contributed by atoms with Crippen LogP contribution in [0.5, 0.6) is 0 Å². The Kier molecular flexibility index (Phi) is 8.64. The van der Waals surface area contributed by atoms with Gasteiger partial charge in [0, 0.05) is 13.2 Å². The van der Waals surface area contributed by atoms with Crippen molar-refractivity contribution in [1.82, 2.24) is 16.3 Å². The molecule has 13 heavy (non-hydrogen) atoms. The Balaban J connectivity index is 2.95. The van der Waals surface area contributed by atoms with Crippen LogP contribution in [0.1, 0.15) is 25.7 Å². The lowest BCUT2D eigenvalue weighted by molar-refractivity contribution is 0.236. The standard InChI is InChI=1S/C7H18N4O2/c8-10-7(13)11-9-5-3-1-2-4-6-12/h9,12H,1-6,8H2,(H2,10,11,13). The first-order chi connectivity index (χ1) is 6.31. The van der Waals surface area contributed by atoms with Gasteiger partial charge in [0.2, 0.25) is 0 Å². The SMILES string of the molecule is NNC(=O)NNCCCCCCO. The molecule has 0 aromatic carbocycles. The van der Waals surface area contributed by atoms with Crippen LogP contribution < -0.4 is 22.1 Å². The van der Waals surface area contributed by atoms with Crippen LogP contribution in [-0.2, 0) is 0 Å². The van der Waals surface area contributed by atoms with Crippen LogP contribution in [0.4, 0.5) is 4.79 Å². The van der Waals surface area contributed by atoms with Crippen LogP contribution in [0.2, 0.25) is 0 Å². The van der Waals surface area contributed by atoms with E-state index in [1.165, 1.54) is 0 Å². The molecule has 6 nitrogen and oxygen atoms in total. The van der Waals surface area contributed by atoms with E-state index >= 15 is 0 Å². The van der Waals surface area contributed by atoms with Crippen LogP contribution in [0.25, 0.3) is 0 Å². The fraction of sp³-hybridized carbons (Fsp3) is 0.857. The van der Waals surface area contributed by atoms with Crippen LogP contribution >= 0.6 is 0 Å². The molecule has 0 fully saturated rings. The molecular formula is C7H18N4O2. The summed E-state index contributed by atoms with van der Waals surface area (Å²) in [6, 6.07) is -0.449. The molecule has 0 aliphatic heterocycles. The molecule has 0 radical (unpaired) electrons. The van der Waals surface area contributed by atoms with Gasteiger partial charge in [0.25, 0.3) is 0 Å². The predicted molar refractivity (Wildman–Crippen MR) is 49.4 cm³/mol. The van der Waals surface area contributed by atoms with Gasteiger partial charge in [-0.15, -0.1) is 0 Å². The Hall–Kier alpha value is -0.850. The maximum atomic E-state index is 10.5. The van der Waals surface area contributed by atoms with Crippen molar-refractivity contribution in [3.63, 3.8) is 0 Å². The number of nitrogens with one attached hydrogen (secondary N) is 3. The lowest BCUT2D eigenvalue weighted by Crippen LogP contribution is -2.47. The molecule has 0 saturated heterocycles. The summed E-state index contributed by atoms with van der Waals surface area (Å²) in [5.41, 5.74) is 6.99. The lowest BCUT2D eigenvalue weighted by Gasteiger charge is -2.05. The first-order valence-electron chi connectivity index (χ1n) is 4.41. The van der Waals surface area contributed by atoms with Gasteiger partial charge in [-0.1, -0.05) is 12.8 Å². The smallest absolute Gasteiger partial charge is 0.343 e. The number of aliphatic hydroxyl groups excluding tert-OH is 1. The molecule has 0 bridgehead atoms. The molecule has 0 aliphatic carbocycles. The molecule has 0 heterocycles. The van der Waals surface area contributed by atoms with Gasteiger partial charge in [0.05, 0.1) is 0 Å². The van der Waals surface area contributed by atoms with Gasteiger partial charge in [-0.05, 0) is 12.8 Å². The average molecular weight is 190 g/mol. The quantitative estimate of drug-likeness (QED) is 0.157. The van der Waals surface area contributed by atoms with Crippen LogP contribution in [-0.4, -0.2) is 24.3 Å². The molecule has 0 aliphatic rings. The van der Waals surface area contributed by atoms with Crippen molar-refractivity contribution in [2.75, 3.05) is 13.2 Å². The monoisotopic (exact) mass is 190 g/mol. The van der Waals surface area contributed by atoms with Crippen molar-refractivity contribution < 1.29 is 9.90 Å².